The highest BCUT2D eigenvalue weighted by molar-refractivity contribution is 5.69. The molecule has 0 radical (unpaired) electrons. The van der Waals surface area contributed by atoms with Crippen molar-refractivity contribution in [1.29, 1.82) is 0 Å². The quantitative estimate of drug-likeness (QED) is 0.891. The fourth-order valence-electron chi connectivity index (χ4n) is 3.30. The summed E-state index contributed by atoms with van der Waals surface area (Å²) >= 11 is 0. The van der Waals surface area contributed by atoms with E-state index in [1.54, 1.807) is 25.8 Å². The summed E-state index contributed by atoms with van der Waals surface area (Å²) in [6.07, 6.45) is 1.83. The van der Waals surface area contributed by atoms with Gasteiger partial charge in [-0.1, -0.05) is 0 Å². The zero-order chi connectivity index (χ0) is 18.1. The molecule has 6 nitrogen and oxygen atoms in total. The molecule has 1 fully saturated rings. The Labute approximate surface area is 147 Å². The lowest BCUT2D eigenvalue weighted by molar-refractivity contribution is 0.139. The van der Waals surface area contributed by atoms with Crippen LogP contribution in [0.15, 0.2) is 29.2 Å². The Hall–Kier alpha value is -2.31. The van der Waals surface area contributed by atoms with E-state index >= 15 is 0 Å². The van der Waals surface area contributed by atoms with Gasteiger partial charge in [0, 0.05) is 44.5 Å². The fourth-order valence-corrected chi connectivity index (χ4v) is 3.30. The molecule has 134 valence electrons. The molecular formula is C19H25N3O3. The van der Waals surface area contributed by atoms with Gasteiger partial charge in [-0.25, -0.2) is 0 Å². The Morgan fingerprint density at radius 3 is 2.20 bits per heavy atom. The molecule has 2 aromatic rings. The summed E-state index contributed by atoms with van der Waals surface area (Å²) in [7, 11) is 5.08. The Kier molecular flexibility index (Phi) is 4.83. The molecular weight excluding hydrogens is 318 g/mol. The van der Waals surface area contributed by atoms with Crippen LogP contribution in [-0.2, 0) is 13.6 Å². The van der Waals surface area contributed by atoms with Gasteiger partial charge in [-0.3, -0.25) is 9.69 Å². The van der Waals surface area contributed by atoms with E-state index in [-0.39, 0.29) is 11.6 Å². The number of methoxy groups -OCH3 is 2. The smallest absolute Gasteiger partial charge is 0.253 e. The number of nitrogens with zero attached hydrogens (tertiary/aromatic N) is 2. The van der Waals surface area contributed by atoms with Gasteiger partial charge in [0.25, 0.3) is 5.56 Å². The first-order valence-electron chi connectivity index (χ1n) is 8.33. The minimum Gasteiger partial charge on any atom is -0.496 e. The Balaban J connectivity index is 2.03. The molecule has 1 aliphatic heterocycles. The van der Waals surface area contributed by atoms with E-state index in [0.29, 0.717) is 5.56 Å². The van der Waals surface area contributed by atoms with Gasteiger partial charge in [-0.2, -0.15) is 0 Å². The van der Waals surface area contributed by atoms with Crippen molar-refractivity contribution in [3.63, 3.8) is 0 Å². The highest BCUT2D eigenvalue weighted by atomic mass is 16.5. The average Bonchev–Trinajstić information content (AvgIpc) is 2.57. The molecule has 0 atom stereocenters. The summed E-state index contributed by atoms with van der Waals surface area (Å²) in [5, 5.41) is 0. The highest BCUT2D eigenvalue weighted by Crippen LogP contribution is 2.36. The molecule has 1 aromatic carbocycles. The molecule has 25 heavy (non-hydrogen) atoms. The van der Waals surface area contributed by atoms with Crippen molar-refractivity contribution in [3.05, 3.63) is 45.9 Å². The number of aryl methyl sites for hydroxylation is 2. The lowest BCUT2D eigenvalue weighted by Gasteiger charge is -2.37. The first-order chi connectivity index (χ1) is 11.9. The molecule has 2 heterocycles. The maximum Gasteiger partial charge on any atom is 0.253 e. The Bertz CT molecular complexity index is 787. The van der Waals surface area contributed by atoms with Crippen molar-refractivity contribution < 1.29 is 9.47 Å². The SMILES string of the molecule is COc1cc(-c2cc(C)c(=O)n(C)c2)cc(OC)c1CN1CC(N)C1. The zero-order valence-corrected chi connectivity index (χ0v) is 15.2. The second kappa shape index (κ2) is 6.90. The van der Waals surface area contributed by atoms with E-state index in [0.717, 1.165) is 47.8 Å². The summed E-state index contributed by atoms with van der Waals surface area (Å²) in [6.45, 7) is 4.33. The third-order valence-corrected chi connectivity index (χ3v) is 4.67. The predicted octanol–water partition coefficient (Wildman–Crippen LogP) is 1.52. The van der Waals surface area contributed by atoms with Crippen LogP contribution in [0.4, 0.5) is 0 Å². The molecule has 0 spiro atoms. The van der Waals surface area contributed by atoms with Crippen LogP contribution in [0, 0.1) is 6.92 Å². The van der Waals surface area contributed by atoms with E-state index in [1.165, 1.54) is 0 Å². The lowest BCUT2D eigenvalue weighted by atomic mass is 10.0. The third-order valence-electron chi connectivity index (χ3n) is 4.67. The van der Waals surface area contributed by atoms with Crippen LogP contribution in [0.1, 0.15) is 11.1 Å². The Morgan fingerprint density at radius 1 is 1.12 bits per heavy atom. The molecule has 1 aliphatic rings. The molecule has 6 heteroatoms. The maximum absolute atomic E-state index is 11.9. The minimum atomic E-state index is 0.00780. The molecule has 0 aliphatic carbocycles. The van der Waals surface area contributed by atoms with Gasteiger partial charge in [0.05, 0.1) is 19.8 Å². The van der Waals surface area contributed by atoms with Crippen LogP contribution in [0.2, 0.25) is 0 Å². The molecule has 0 bridgehead atoms. The fraction of sp³-hybridized carbons (Fsp3) is 0.421. The zero-order valence-electron chi connectivity index (χ0n) is 15.2. The second-order valence-corrected chi connectivity index (χ2v) is 6.64. The summed E-state index contributed by atoms with van der Waals surface area (Å²) < 4.78 is 12.8. The topological polar surface area (TPSA) is 69.7 Å². The van der Waals surface area contributed by atoms with Gasteiger partial charge in [-0.05, 0) is 36.2 Å². The third kappa shape index (κ3) is 3.41. The number of aromatic nitrogens is 1. The van der Waals surface area contributed by atoms with Gasteiger partial charge >= 0.3 is 0 Å². The van der Waals surface area contributed by atoms with E-state index < -0.39 is 0 Å². The highest BCUT2D eigenvalue weighted by Gasteiger charge is 2.25. The molecule has 1 saturated heterocycles. The van der Waals surface area contributed by atoms with Crippen molar-refractivity contribution in [3.8, 4) is 22.6 Å². The van der Waals surface area contributed by atoms with Crippen molar-refractivity contribution in [2.45, 2.75) is 19.5 Å². The van der Waals surface area contributed by atoms with E-state index in [2.05, 4.69) is 4.90 Å². The summed E-state index contributed by atoms with van der Waals surface area (Å²) in [6, 6.07) is 6.14. The number of rotatable bonds is 5. The van der Waals surface area contributed by atoms with Gasteiger partial charge < -0.3 is 19.8 Å². The van der Waals surface area contributed by atoms with E-state index in [4.69, 9.17) is 15.2 Å². The molecule has 2 N–H and O–H groups in total. The number of benzene rings is 1. The first kappa shape index (κ1) is 17.5. The van der Waals surface area contributed by atoms with Crippen LogP contribution in [-0.4, -0.2) is 42.8 Å². The first-order valence-corrected chi connectivity index (χ1v) is 8.33. The summed E-state index contributed by atoms with van der Waals surface area (Å²) in [5.41, 5.74) is 9.51. The van der Waals surface area contributed by atoms with Gasteiger partial charge in [0.1, 0.15) is 11.5 Å². The molecule has 0 amide bonds. The predicted molar refractivity (Wildman–Crippen MR) is 98.2 cm³/mol. The normalized spacial score (nSPS) is 15.1. The minimum absolute atomic E-state index is 0.00780. The molecule has 0 saturated carbocycles. The monoisotopic (exact) mass is 343 g/mol. The van der Waals surface area contributed by atoms with Crippen LogP contribution < -0.4 is 20.8 Å². The number of likely N-dealkylation sites (tertiary alicyclic amines) is 1. The molecule has 3 rings (SSSR count). The largest absolute Gasteiger partial charge is 0.496 e. The second-order valence-electron chi connectivity index (χ2n) is 6.64. The number of hydrogen-bond acceptors (Lipinski definition) is 5. The average molecular weight is 343 g/mol. The summed E-state index contributed by atoms with van der Waals surface area (Å²) in [5.74, 6) is 1.56. The molecule has 0 unspecified atom stereocenters. The van der Waals surface area contributed by atoms with Crippen LogP contribution >= 0.6 is 0 Å². The van der Waals surface area contributed by atoms with E-state index in [1.807, 2.05) is 31.3 Å². The van der Waals surface area contributed by atoms with Crippen LogP contribution in [0.3, 0.4) is 0 Å². The van der Waals surface area contributed by atoms with Crippen molar-refractivity contribution in [2.24, 2.45) is 12.8 Å². The van der Waals surface area contributed by atoms with E-state index in [9.17, 15) is 4.79 Å². The lowest BCUT2D eigenvalue weighted by Crippen LogP contribution is -2.54. The van der Waals surface area contributed by atoms with Gasteiger partial charge in [-0.15, -0.1) is 0 Å². The number of pyridine rings is 1. The summed E-state index contributed by atoms with van der Waals surface area (Å²) in [4.78, 5) is 14.2. The van der Waals surface area contributed by atoms with Crippen LogP contribution in [0.5, 0.6) is 11.5 Å². The van der Waals surface area contributed by atoms with Crippen molar-refractivity contribution >= 4 is 0 Å². The van der Waals surface area contributed by atoms with Crippen molar-refractivity contribution in [1.82, 2.24) is 9.47 Å². The number of hydrogen-bond donors (Lipinski definition) is 1. The standard InChI is InChI=1S/C19H25N3O3/c1-12-5-14(8-21(2)19(12)23)13-6-17(24-3)16(18(7-13)25-4)11-22-9-15(20)10-22/h5-8,15H,9-11,20H2,1-4H3. The maximum atomic E-state index is 11.9. The molecule has 1 aromatic heterocycles. The van der Waals surface area contributed by atoms with Gasteiger partial charge in [0.15, 0.2) is 0 Å². The number of ether oxygens (including phenoxy) is 2. The van der Waals surface area contributed by atoms with Crippen molar-refractivity contribution in [2.75, 3.05) is 27.3 Å². The number of nitrogens with two attached hydrogens (primary N) is 1. The van der Waals surface area contributed by atoms with Gasteiger partial charge in [0.2, 0.25) is 0 Å². The van der Waals surface area contributed by atoms with Crippen LogP contribution in [0.25, 0.3) is 11.1 Å². The Morgan fingerprint density at radius 2 is 1.72 bits per heavy atom.